The number of benzene rings is 9. The highest BCUT2D eigenvalue weighted by atomic mass is 15.0. The Morgan fingerprint density at radius 3 is 2.00 bits per heavy atom. The molecule has 65 heavy (non-hydrogen) atoms. The minimum Gasteiger partial charge on any atom is -0.309 e. The van der Waals surface area contributed by atoms with E-state index >= 15 is 0 Å². The van der Waals surface area contributed by atoms with Crippen LogP contribution in [0, 0.1) is 11.8 Å². The normalized spacial score (nSPS) is 17.3. The molecule has 0 spiro atoms. The van der Waals surface area contributed by atoms with Crippen molar-refractivity contribution in [1.82, 2.24) is 14.5 Å². The van der Waals surface area contributed by atoms with Crippen molar-refractivity contribution < 1.29 is 0 Å². The molecule has 3 nitrogen and oxygen atoms in total. The van der Waals surface area contributed by atoms with Crippen molar-refractivity contribution in [2.24, 2.45) is 11.8 Å². The van der Waals surface area contributed by atoms with Crippen LogP contribution in [0.5, 0.6) is 0 Å². The number of allylic oxidation sites excluding steroid dienone is 4. The predicted octanol–water partition coefficient (Wildman–Crippen LogP) is 15.0. The molecule has 2 atom stereocenters. The number of hydrogen-bond donors (Lipinski definition) is 0. The standard InChI is InChI=1S/C62H39N3/c1-3-14-41(15-4-1)62(42-16-5-2-6-17-42)54-23-11-9-19-45(54)52-35-49(50-36-53(50)59(52)62)39-29-31-57-51(34-39)46-20-10-12-25-56(46)65(57)43-30-28-37-32-40(27-26-38(37)33-43)61-63-55-24-13-22-47-44-18-7-8-21-48(44)60(64-61)58(47)55/h1-35,50,53H,36H2. The van der Waals surface area contributed by atoms with Crippen molar-refractivity contribution in [3.8, 4) is 39.5 Å². The fraction of sp³-hybridized carbons (Fsp3) is 0.0645. The van der Waals surface area contributed by atoms with Gasteiger partial charge < -0.3 is 4.57 Å². The predicted molar refractivity (Wildman–Crippen MR) is 267 cm³/mol. The quantitative estimate of drug-likeness (QED) is 0.173. The van der Waals surface area contributed by atoms with E-state index in [0.717, 1.165) is 39.1 Å². The number of nitrogens with zero attached hydrogens (tertiary/aromatic N) is 3. The highest BCUT2D eigenvalue weighted by Gasteiger charge is 2.58. The number of hydrogen-bond acceptors (Lipinski definition) is 2. The van der Waals surface area contributed by atoms with Crippen LogP contribution in [0.15, 0.2) is 218 Å². The summed E-state index contributed by atoms with van der Waals surface area (Å²) in [6.07, 6.45) is 3.74. The van der Waals surface area contributed by atoms with Crippen molar-refractivity contribution >= 4 is 54.6 Å². The Labute approximate surface area is 376 Å². The molecule has 4 aliphatic rings. The first-order chi connectivity index (χ1) is 32.2. The van der Waals surface area contributed by atoms with E-state index in [0.29, 0.717) is 11.8 Å². The van der Waals surface area contributed by atoms with Gasteiger partial charge in [0.15, 0.2) is 5.82 Å². The first kappa shape index (κ1) is 35.3. The summed E-state index contributed by atoms with van der Waals surface area (Å²) in [7, 11) is 0. The van der Waals surface area contributed by atoms with Gasteiger partial charge in [0.2, 0.25) is 0 Å². The van der Waals surface area contributed by atoms with Crippen LogP contribution in [0.2, 0.25) is 0 Å². The van der Waals surface area contributed by atoms with Crippen molar-refractivity contribution in [1.29, 1.82) is 0 Å². The number of rotatable bonds is 5. The molecule has 2 heterocycles. The Morgan fingerprint density at radius 1 is 0.477 bits per heavy atom. The van der Waals surface area contributed by atoms with Crippen LogP contribution in [-0.4, -0.2) is 14.5 Å². The van der Waals surface area contributed by atoms with Crippen LogP contribution >= 0.6 is 0 Å². The maximum Gasteiger partial charge on any atom is 0.160 e. The zero-order valence-electron chi connectivity index (χ0n) is 35.4. The summed E-state index contributed by atoms with van der Waals surface area (Å²) < 4.78 is 2.45. The highest BCUT2D eigenvalue weighted by Crippen LogP contribution is 2.68. The second kappa shape index (κ2) is 13.0. The molecule has 3 heteroatoms. The summed E-state index contributed by atoms with van der Waals surface area (Å²) in [5.41, 5.74) is 21.2. The second-order valence-electron chi connectivity index (χ2n) is 18.4. The molecular weight excluding hydrogens is 787 g/mol. The lowest BCUT2D eigenvalue weighted by Crippen LogP contribution is -2.31. The van der Waals surface area contributed by atoms with Crippen LogP contribution in [0.25, 0.3) is 94.1 Å². The Bertz CT molecular complexity index is 3890. The lowest BCUT2D eigenvalue weighted by atomic mass is 9.65. The van der Waals surface area contributed by atoms with Crippen molar-refractivity contribution in [2.45, 2.75) is 11.8 Å². The fourth-order valence-electron chi connectivity index (χ4n) is 12.4. The van der Waals surface area contributed by atoms with E-state index in [2.05, 4.69) is 217 Å². The van der Waals surface area contributed by atoms with E-state index < -0.39 is 0 Å². The maximum absolute atomic E-state index is 5.20. The van der Waals surface area contributed by atoms with Gasteiger partial charge in [-0.25, -0.2) is 9.97 Å². The van der Waals surface area contributed by atoms with Gasteiger partial charge in [-0.1, -0.05) is 170 Å². The van der Waals surface area contributed by atoms with Gasteiger partial charge >= 0.3 is 0 Å². The molecule has 2 aromatic heterocycles. The van der Waals surface area contributed by atoms with Crippen LogP contribution in [-0.2, 0) is 5.41 Å². The molecule has 302 valence electrons. The lowest BCUT2D eigenvalue weighted by molar-refractivity contribution is 0.677. The van der Waals surface area contributed by atoms with E-state index in [1.54, 1.807) is 5.57 Å². The van der Waals surface area contributed by atoms with Crippen molar-refractivity contribution in [2.75, 3.05) is 0 Å². The summed E-state index contributed by atoms with van der Waals surface area (Å²) in [6, 6.07) is 76.3. The monoisotopic (exact) mass is 825 g/mol. The van der Waals surface area contributed by atoms with Gasteiger partial charge in [0.1, 0.15) is 0 Å². The van der Waals surface area contributed by atoms with E-state index in [4.69, 9.17) is 9.97 Å². The van der Waals surface area contributed by atoms with E-state index in [-0.39, 0.29) is 5.41 Å². The molecule has 11 aromatic rings. The van der Waals surface area contributed by atoms with Crippen LogP contribution < -0.4 is 0 Å². The molecule has 15 rings (SSSR count). The third kappa shape index (κ3) is 4.79. The average Bonchev–Trinajstić information content (AvgIpc) is 3.91. The van der Waals surface area contributed by atoms with Crippen molar-refractivity contribution in [3.63, 3.8) is 0 Å². The first-order valence-electron chi connectivity index (χ1n) is 22.9. The van der Waals surface area contributed by atoms with Crippen LogP contribution in [0.1, 0.15) is 34.2 Å². The summed E-state index contributed by atoms with van der Waals surface area (Å²) in [4.78, 5) is 10.3. The minimum atomic E-state index is -0.313. The number of fused-ring (bicyclic) bond motifs is 11. The molecule has 4 aliphatic carbocycles. The van der Waals surface area contributed by atoms with E-state index in [1.165, 1.54) is 89.3 Å². The van der Waals surface area contributed by atoms with Gasteiger partial charge in [-0.15, -0.1) is 0 Å². The maximum atomic E-state index is 5.20. The largest absolute Gasteiger partial charge is 0.309 e. The van der Waals surface area contributed by atoms with Crippen LogP contribution in [0.3, 0.4) is 0 Å². The molecule has 0 saturated heterocycles. The molecule has 1 fully saturated rings. The molecule has 2 unspecified atom stereocenters. The third-order valence-electron chi connectivity index (χ3n) is 15.1. The zero-order chi connectivity index (χ0) is 42.4. The Hall–Kier alpha value is -8.14. The second-order valence-corrected chi connectivity index (χ2v) is 18.4. The minimum absolute atomic E-state index is 0.313. The summed E-state index contributed by atoms with van der Waals surface area (Å²) in [5, 5.41) is 6.05. The highest BCUT2D eigenvalue weighted by molar-refractivity contribution is 6.14. The number of aromatic nitrogens is 3. The molecule has 9 aromatic carbocycles. The molecule has 0 radical (unpaired) electrons. The summed E-state index contributed by atoms with van der Waals surface area (Å²) in [5.74, 6) is 1.72. The molecule has 0 N–H and O–H groups in total. The lowest BCUT2D eigenvalue weighted by Gasteiger charge is -2.37. The molecular formula is C62H39N3. The molecule has 0 amide bonds. The smallest absolute Gasteiger partial charge is 0.160 e. The SMILES string of the molecule is C1=C(c2ccc3c(c2)c2ccccc2n3-c2ccc3cc(-c4nc5c6c(cccc6n4)-c4ccccc4-5)ccc3c2)C2CC2C2=C1c1ccccc1C2(c1ccccc1)c1ccccc1. The Balaban J connectivity index is 0.843. The third-order valence-corrected chi connectivity index (χ3v) is 15.1. The van der Waals surface area contributed by atoms with E-state index in [1.807, 2.05) is 0 Å². The zero-order valence-corrected chi connectivity index (χ0v) is 35.4. The van der Waals surface area contributed by atoms with Gasteiger partial charge in [0.05, 0.1) is 27.7 Å². The van der Waals surface area contributed by atoms with Crippen molar-refractivity contribution in [3.05, 3.63) is 246 Å². The van der Waals surface area contributed by atoms with E-state index in [9.17, 15) is 0 Å². The van der Waals surface area contributed by atoms with Gasteiger partial charge in [0.25, 0.3) is 0 Å². The topological polar surface area (TPSA) is 30.7 Å². The Morgan fingerprint density at radius 2 is 1.15 bits per heavy atom. The number of para-hydroxylation sites is 1. The molecule has 0 bridgehead atoms. The summed E-state index contributed by atoms with van der Waals surface area (Å²) in [6.45, 7) is 0. The van der Waals surface area contributed by atoms with Gasteiger partial charge in [-0.05, 0) is 127 Å². The average molecular weight is 826 g/mol. The molecule has 1 saturated carbocycles. The molecule has 0 aliphatic heterocycles. The first-order valence-corrected chi connectivity index (χ1v) is 22.9. The van der Waals surface area contributed by atoms with Crippen LogP contribution in [0.4, 0.5) is 0 Å². The summed E-state index contributed by atoms with van der Waals surface area (Å²) >= 11 is 0. The fourth-order valence-corrected chi connectivity index (χ4v) is 12.4. The van der Waals surface area contributed by atoms with Gasteiger partial charge in [-0.2, -0.15) is 0 Å². The van der Waals surface area contributed by atoms with Gasteiger partial charge in [0, 0.05) is 33.0 Å². The Kier molecular flexibility index (Phi) is 7.05. The van der Waals surface area contributed by atoms with Gasteiger partial charge in [-0.3, -0.25) is 0 Å².